The monoisotopic (exact) mass is 554 g/mol. The molecule has 2 heteroatoms. The van der Waals surface area contributed by atoms with Gasteiger partial charge in [0.2, 0.25) is 0 Å². The van der Waals surface area contributed by atoms with Crippen LogP contribution in [0.5, 0.6) is 0 Å². The van der Waals surface area contributed by atoms with Gasteiger partial charge >= 0.3 is 0 Å². The van der Waals surface area contributed by atoms with E-state index in [-0.39, 0.29) is 0 Å². The molecule has 1 nitrogen and oxygen atoms in total. The topological polar surface area (TPSA) is 17.1 Å². The van der Waals surface area contributed by atoms with Gasteiger partial charge in [0, 0.05) is 15.9 Å². The molecule has 198 valence electrons. The van der Waals surface area contributed by atoms with E-state index in [0.29, 0.717) is 0 Å². The second kappa shape index (κ2) is 9.84. The molecule has 0 aliphatic rings. The Kier molecular flexibility index (Phi) is 5.81. The van der Waals surface area contributed by atoms with E-state index in [1.54, 1.807) is 0 Å². The highest BCUT2D eigenvalue weighted by Gasteiger charge is 2.31. The van der Waals surface area contributed by atoms with Gasteiger partial charge in [0.05, 0.1) is 0 Å². The maximum Gasteiger partial charge on any atom is 0.171 e. The van der Waals surface area contributed by atoms with Crippen molar-refractivity contribution < 1.29 is 4.57 Å². The van der Waals surface area contributed by atoms with Gasteiger partial charge in [0.1, 0.15) is 0 Å². The second-order valence-electron chi connectivity index (χ2n) is 10.9. The molecule has 0 spiro atoms. The first kappa shape index (κ1) is 24.8. The molecule has 1 unspecified atom stereocenters. The van der Waals surface area contributed by atoms with Gasteiger partial charge in [-0.15, -0.1) is 0 Å². The maximum absolute atomic E-state index is 15.4. The summed E-state index contributed by atoms with van der Waals surface area (Å²) >= 11 is 0. The Bertz CT molecular complexity index is 2310. The van der Waals surface area contributed by atoms with Gasteiger partial charge < -0.3 is 4.57 Å². The van der Waals surface area contributed by atoms with Crippen LogP contribution in [0.25, 0.3) is 54.2 Å². The minimum atomic E-state index is -3.15. The number of fused-ring (bicyclic) bond motifs is 5. The third-order valence-corrected chi connectivity index (χ3v) is 11.6. The SMILES string of the molecule is O=P(c1ccccc1)(c1ccc(-c2cc3cc4ccccc4cc3c3ccccc23)cc1)c1cccc2ccccc12. The molecule has 0 amide bonds. The van der Waals surface area contributed by atoms with Gasteiger partial charge in [-0.1, -0.05) is 146 Å². The van der Waals surface area contributed by atoms with Crippen molar-refractivity contribution in [2.24, 2.45) is 0 Å². The highest BCUT2D eigenvalue weighted by molar-refractivity contribution is 7.85. The average Bonchev–Trinajstić information content (AvgIpc) is 3.07. The summed E-state index contributed by atoms with van der Waals surface area (Å²) in [4.78, 5) is 0. The van der Waals surface area contributed by atoms with Crippen molar-refractivity contribution in [1.82, 2.24) is 0 Å². The average molecular weight is 555 g/mol. The van der Waals surface area contributed by atoms with Gasteiger partial charge in [-0.2, -0.15) is 0 Å². The van der Waals surface area contributed by atoms with Crippen LogP contribution in [0.2, 0.25) is 0 Å². The zero-order valence-corrected chi connectivity index (χ0v) is 23.8. The lowest BCUT2D eigenvalue weighted by Crippen LogP contribution is -2.25. The summed E-state index contributed by atoms with van der Waals surface area (Å²) in [5.41, 5.74) is 2.29. The number of rotatable bonds is 4. The smallest absolute Gasteiger partial charge is 0.171 e. The first-order valence-electron chi connectivity index (χ1n) is 14.3. The molecule has 0 aromatic heterocycles. The molecule has 0 radical (unpaired) electrons. The van der Waals surface area contributed by atoms with Crippen molar-refractivity contribution in [2.45, 2.75) is 0 Å². The maximum atomic E-state index is 15.4. The molecule has 1 atom stereocenters. The van der Waals surface area contributed by atoms with Crippen LogP contribution in [-0.2, 0) is 4.57 Å². The molecule has 8 aromatic carbocycles. The highest BCUT2D eigenvalue weighted by atomic mass is 31.2. The molecule has 0 N–H and O–H groups in total. The number of hydrogen-bond donors (Lipinski definition) is 0. The fraction of sp³-hybridized carbons (Fsp3) is 0. The highest BCUT2D eigenvalue weighted by Crippen LogP contribution is 2.45. The Morgan fingerprint density at radius 2 is 0.929 bits per heavy atom. The molecule has 8 aromatic rings. The van der Waals surface area contributed by atoms with Gasteiger partial charge in [0.25, 0.3) is 0 Å². The van der Waals surface area contributed by atoms with Crippen molar-refractivity contribution >= 4 is 66.1 Å². The van der Waals surface area contributed by atoms with E-state index in [1.807, 2.05) is 54.6 Å². The zero-order valence-electron chi connectivity index (χ0n) is 22.9. The largest absolute Gasteiger partial charge is 0.309 e. The number of benzene rings is 8. The van der Waals surface area contributed by atoms with Crippen LogP contribution in [0.1, 0.15) is 0 Å². The van der Waals surface area contributed by atoms with Crippen LogP contribution < -0.4 is 15.9 Å². The van der Waals surface area contributed by atoms with Gasteiger partial charge in [-0.25, -0.2) is 0 Å². The molecular formula is C40H27OP. The van der Waals surface area contributed by atoms with Crippen molar-refractivity contribution in [3.8, 4) is 11.1 Å². The van der Waals surface area contributed by atoms with Gasteiger partial charge in [-0.05, 0) is 72.4 Å². The fourth-order valence-corrected chi connectivity index (χ4v) is 9.29. The zero-order chi connectivity index (χ0) is 28.1. The van der Waals surface area contributed by atoms with Gasteiger partial charge in [0.15, 0.2) is 7.14 Å². The summed E-state index contributed by atoms with van der Waals surface area (Å²) in [6, 6.07) is 56.8. The van der Waals surface area contributed by atoms with Crippen LogP contribution in [0, 0.1) is 0 Å². The molecular weight excluding hydrogens is 527 g/mol. The van der Waals surface area contributed by atoms with E-state index in [2.05, 4.69) is 109 Å². The minimum absolute atomic E-state index is 0.838. The molecule has 0 bridgehead atoms. The van der Waals surface area contributed by atoms with E-state index in [0.717, 1.165) is 32.2 Å². The quantitative estimate of drug-likeness (QED) is 0.120. The first-order valence-corrected chi connectivity index (χ1v) is 16.0. The molecule has 0 fully saturated rings. The predicted octanol–water partition coefficient (Wildman–Crippen LogP) is 9.61. The van der Waals surface area contributed by atoms with Crippen LogP contribution in [0.15, 0.2) is 164 Å². The van der Waals surface area contributed by atoms with Crippen molar-refractivity contribution in [1.29, 1.82) is 0 Å². The normalized spacial score (nSPS) is 13.0. The van der Waals surface area contributed by atoms with Crippen molar-refractivity contribution in [2.75, 3.05) is 0 Å². The van der Waals surface area contributed by atoms with E-state index in [4.69, 9.17) is 0 Å². The molecule has 0 saturated heterocycles. The first-order chi connectivity index (χ1) is 20.7. The van der Waals surface area contributed by atoms with Crippen LogP contribution in [0.4, 0.5) is 0 Å². The molecule has 8 rings (SSSR count). The lowest BCUT2D eigenvalue weighted by Gasteiger charge is -2.22. The number of hydrogen-bond acceptors (Lipinski definition) is 1. The lowest BCUT2D eigenvalue weighted by atomic mass is 9.92. The Hall–Kier alpha value is -4.97. The minimum Gasteiger partial charge on any atom is -0.309 e. The molecule has 0 saturated carbocycles. The summed E-state index contributed by atoms with van der Waals surface area (Å²) in [5, 5.41) is 12.1. The Morgan fingerprint density at radius 1 is 0.357 bits per heavy atom. The van der Waals surface area contributed by atoms with E-state index >= 15 is 4.57 Å². The molecule has 0 heterocycles. The Morgan fingerprint density at radius 3 is 1.69 bits per heavy atom. The summed E-state index contributed by atoms with van der Waals surface area (Å²) in [6.07, 6.45) is 0. The molecule has 0 aliphatic heterocycles. The predicted molar refractivity (Wildman–Crippen MR) is 181 cm³/mol. The van der Waals surface area contributed by atoms with Crippen LogP contribution in [0.3, 0.4) is 0 Å². The van der Waals surface area contributed by atoms with Crippen molar-refractivity contribution in [3.63, 3.8) is 0 Å². The second-order valence-corrected chi connectivity index (χ2v) is 13.6. The molecule has 0 aliphatic carbocycles. The lowest BCUT2D eigenvalue weighted by molar-refractivity contribution is 0.592. The van der Waals surface area contributed by atoms with Crippen LogP contribution >= 0.6 is 7.14 Å². The Labute approximate surface area is 245 Å². The van der Waals surface area contributed by atoms with Crippen molar-refractivity contribution in [3.05, 3.63) is 164 Å². The van der Waals surface area contributed by atoms with E-state index < -0.39 is 7.14 Å². The summed E-state index contributed by atoms with van der Waals surface area (Å²) in [5.74, 6) is 0. The summed E-state index contributed by atoms with van der Waals surface area (Å²) in [7, 11) is -3.15. The molecule has 42 heavy (non-hydrogen) atoms. The standard InChI is InChI=1S/C40H27OP/c41-42(33-15-2-1-3-16-33,40-20-10-14-28-11-6-7-17-35(28)40)34-23-21-29(22-24-34)38-27-32-25-30-12-4-5-13-31(30)26-39(32)37-19-9-8-18-36(37)38/h1-27H. The third kappa shape index (κ3) is 3.90. The van der Waals surface area contributed by atoms with Gasteiger partial charge in [-0.3, -0.25) is 0 Å². The van der Waals surface area contributed by atoms with E-state index in [1.165, 1.54) is 37.9 Å². The Balaban J connectivity index is 1.33. The third-order valence-electron chi connectivity index (χ3n) is 8.49. The summed E-state index contributed by atoms with van der Waals surface area (Å²) in [6.45, 7) is 0. The fourth-order valence-electron chi connectivity index (χ4n) is 6.43. The van der Waals surface area contributed by atoms with Crippen LogP contribution in [-0.4, -0.2) is 0 Å². The summed E-state index contributed by atoms with van der Waals surface area (Å²) < 4.78 is 15.4. The van der Waals surface area contributed by atoms with E-state index in [9.17, 15) is 0 Å².